The molecule has 0 aliphatic carbocycles. The third kappa shape index (κ3) is 2.20. The molecular weight excluding hydrogens is 256 g/mol. The van der Waals surface area contributed by atoms with Crippen molar-refractivity contribution in [3.05, 3.63) is 53.6 Å². The van der Waals surface area contributed by atoms with E-state index < -0.39 is 0 Å². The van der Waals surface area contributed by atoms with Crippen LogP contribution in [-0.4, -0.2) is 18.0 Å². The van der Waals surface area contributed by atoms with Crippen LogP contribution in [0.4, 0.5) is 0 Å². The van der Waals surface area contributed by atoms with Gasteiger partial charge in [0.1, 0.15) is 23.4 Å². The monoisotopic (exact) mass is 270 g/mol. The number of hydrogen-bond donors (Lipinski definition) is 1. The van der Waals surface area contributed by atoms with Gasteiger partial charge in [0.25, 0.3) is 0 Å². The van der Waals surface area contributed by atoms with E-state index >= 15 is 0 Å². The van der Waals surface area contributed by atoms with Crippen LogP contribution in [0.1, 0.15) is 28.4 Å². The summed E-state index contributed by atoms with van der Waals surface area (Å²) < 4.78 is 11.0. The molecule has 2 aromatic rings. The number of Topliss-reactive ketones (excluding diaryl/α,β-unsaturated/α-hetero) is 1. The van der Waals surface area contributed by atoms with Crippen LogP contribution >= 0.6 is 0 Å². The Morgan fingerprint density at radius 3 is 2.65 bits per heavy atom. The molecule has 0 unspecified atom stereocenters. The summed E-state index contributed by atoms with van der Waals surface area (Å²) in [5.41, 5.74) is 1.37. The molecule has 0 fully saturated rings. The van der Waals surface area contributed by atoms with Crippen LogP contribution in [0.5, 0.6) is 17.2 Å². The maximum atomic E-state index is 12.1. The number of carbonyl (C=O) groups excluding carboxylic acids is 1. The lowest BCUT2D eigenvalue weighted by Gasteiger charge is -2.25. The number of phenols is 1. The summed E-state index contributed by atoms with van der Waals surface area (Å²) in [6.07, 6.45) is -0.0339. The molecule has 0 bridgehead atoms. The second-order valence-corrected chi connectivity index (χ2v) is 4.69. The minimum atomic E-state index is -0.301. The molecular formula is C16H14O4. The first-order valence-corrected chi connectivity index (χ1v) is 6.34. The topological polar surface area (TPSA) is 55.8 Å². The van der Waals surface area contributed by atoms with Crippen molar-refractivity contribution in [3.63, 3.8) is 0 Å². The Morgan fingerprint density at radius 2 is 1.95 bits per heavy atom. The average molecular weight is 270 g/mol. The highest BCUT2D eigenvalue weighted by atomic mass is 16.5. The van der Waals surface area contributed by atoms with E-state index in [1.165, 1.54) is 12.1 Å². The van der Waals surface area contributed by atoms with Crippen molar-refractivity contribution >= 4 is 5.78 Å². The molecule has 0 saturated carbocycles. The van der Waals surface area contributed by atoms with E-state index in [1.54, 1.807) is 13.2 Å². The maximum absolute atomic E-state index is 12.1. The first kappa shape index (κ1) is 12.5. The lowest BCUT2D eigenvalue weighted by molar-refractivity contribution is 0.0849. The van der Waals surface area contributed by atoms with E-state index in [2.05, 4.69) is 0 Å². The van der Waals surface area contributed by atoms with E-state index in [0.717, 1.165) is 11.3 Å². The molecule has 102 valence electrons. The fourth-order valence-electron chi connectivity index (χ4n) is 2.32. The van der Waals surface area contributed by atoms with Crippen molar-refractivity contribution < 1.29 is 19.4 Å². The van der Waals surface area contributed by atoms with Gasteiger partial charge in [-0.3, -0.25) is 4.79 Å². The Bertz CT molecular complexity index is 646. The highest BCUT2D eigenvalue weighted by molar-refractivity contribution is 6.00. The van der Waals surface area contributed by atoms with Crippen molar-refractivity contribution in [1.82, 2.24) is 0 Å². The second-order valence-electron chi connectivity index (χ2n) is 4.69. The Labute approximate surface area is 116 Å². The number of hydrogen-bond acceptors (Lipinski definition) is 4. The number of methoxy groups -OCH3 is 1. The fourth-order valence-corrected chi connectivity index (χ4v) is 2.32. The van der Waals surface area contributed by atoms with E-state index in [4.69, 9.17) is 9.47 Å². The molecule has 4 nitrogen and oxygen atoms in total. The van der Waals surface area contributed by atoms with Crippen LogP contribution in [0, 0.1) is 0 Å². The van der Waals surface area contributed by atoms with Crippen LogP contribution in [0.15, 0.2) is 42.5 Å². The Kier molecular flexibility index (Phi) is 3.06. The molecule has 1 atom stereocenters. The average Bonchev–Trinajstić information content (AvgIpc) is 2.48. The number of phenolic OH excluding ortho intramolecular Hbond substituents is 1. The summed E-state index contributed by atoms with van der Waals surface area (Å²) in [6.45, 7) is 0. The van der Waals surface area contributed by atoms with Crippen molar-refractivity contribution in [2.24, 2.45) is 0 Å². The van der Waals surface area contributed by atoms with Gasteiger partial charge in [-0.25, -0.2) is 0 Å². The highest BCUT2D eigenvalue weighted by Crippen LogP contribution is 2.36. The molecule has 2 aromatic carbocycles. The lowest BCUT2D eigenvalue weighted by atomic mass is 9.96. The summed E-state index contributed by atoms with van der Waals surface area (Å²) in [7, 11) is 1.61. The molecule has 0 saturated heterocycles. The molecule has 1 heterocycles. The van der Waals surface area contributed by atoms with E-state index in [1.807, 2.05) is 24.3 Å². The van der Waals surface area contributed by atoms with Crippen LogP contribution in [0.2, 0.25) is 0 Å². The van der Waals surface area contributed by atoms with Crippen molar-refractivity contribution in [2.45, 2.75) is 12.5 Å². The number of rotatable bonds is 2. The summed E-state index contributed by atoms with van der Waals surface area (Å²) in [5.74, 6) is 1.33. The normalized spacial score (nSPS) is 17.2. The lowest BCUT2D eigenvalue weighted by Crippen LogP contribution is -2.20. The first-order valence-electron chi connectivity index (χ1n) is 6.34. The summed E-state index contributed by atoms with van der Waals surface area (Å²) >= 11 is 0. The molecule has 4 heteroatoms. The van der Waals surface area contributed by atoms with Gasteiger partial charge in [-0.05, 0) is 35.9 Å². The Balaban J connectivity index is 1.90. The largest absolute Gasteiger partial charge is 0.508 e. The summed E-state index contributed by atoms with van der Waals surface area (Å²) in [4.78, 5) is 12.1. The van der Waals surface area contributed by atoms with E-state index in [9.17, 15) is 9.90 Å². The predicted octanol–water partition coefficient (Wildman–Crippen LogP) is 3.11. The van der Waals surface area contributed by atoms with Gasteiger partial charge in [-0.2, -0.15) is 0 Å². The van der Waals surface area contributed by atoms with Crippen molar-refractivity contribution in [3.8, 4) is 17.2 Å². The van der Waals surface area contributed by atoms with Crippen LogP contribution < -0.4 is 9.47 Å². The molecule has 20 heavy (non-hydrogen) atoms. The minimum Gasteiger partial charge on any atom is -0.508 e. The van der Waals surface area contributed by atoms with Crippen LogP contribution in [0.25, 0.3) is 0 Å². The molecule has 1 aliphatic rings. The summed E-state index contributed by atoms with van der Waals surface area (Å²) in [6, 6.07) is 12.1. The minimum absolute atomic E-state index is 0.0250. The van der Waals surface area contributed by atoms with Crippen LogP contribution in [-0.2, 0) is 0 Å². The number of carbonyl (C=O) groups is 1. The number of aromatic hydroxyl groups is 1. The number of ether oxygens (including phenoxy) is 2. The molecule has 0 amide bonds. The quantitative estimate of drug-likeness (QED) is 0.911. The number of fused-ring (bicyclic) bond motifs is 1. The zero-order valence-corrected chi connectivity index (χ0v) is 11.0. The number of benzene rings is 2. The SMILES string of the molecule is COc1ccc([C@H]2CC(=O)c3cc(O)ccc3O2)cc1. The predicted molar refractivity (Wildman–Crippen MR) is 73.4 cm³/mol. The van der Waals surface area contributed by atoms with Gasteiger partial charge in [0, 0.05) is 0 Å². The third-order valence-electron chi connectivity index (χ3n) is 3.39. The second kappa shape index (κ2) is 4.89. The van der Waals surface area contributed by atoms with Crippen molar-refractivity contribution in [2.75, 3.05) is 7.11 Å². The first-order chi connectivity index (χ1) is 9.67. The molecule has 0 radical (unpaired) electrons. The van der Waals surface area contributed by atoms with Gasteiger partial charge in [0.05, 0.1) is 19.1 Å². The Morgan fingerprint density at radius 1 is 1.20 bits per heavy atom. The van der Waals surface area contributed by atoms with Gasteiger partial charge in [0.15, 0.2) is 5.78 Å². The van der Waals surface area contributed by atoms with E-state index in [0.29, 0.717) is 11.3 Å². The van der Waals surface area contributed by atoms with Gasteiger partial charge < -0.3 is 14.6 Å². The maximum Gasteiger partial charge on any atom is 0.170 e. The van der Waals surface area contributed by atoms with Crippen molar-refractivity contribution in [1.29, 1.82) is 0 Å². The smallest absolute Gasteiger partial charge is 0.170 e. The van der Waals surface area contributed by atoms with Crippen LogP contribution in [0.3, 0.4) is 0 Å². The molecule has 0 spiro atoms. The van der Waals surface area contributed by atoms with Gasteiger partial charge in [0.2, 0.25) is 0 Å². The zero-order chi connectivity index (χ0) is 14.1. The fraction of sp³-hybridized carbons (Fsp3) is 0.188. The van der Waals surface area contributed by atoms with Gasteiger partial charge in [-0.1, -0.05) is 12.1 Å². The van der Waals surface area contributed by atoms with Gasteiger partial charge in [-0.15, -0.1) is 0 Å². The summed E-state index contributed by atoms with van der Waals surface area (Å²) in [5, 5.41) is 9.42. The van der Waals surface area contributed by atoms with Gasteiger partial charge >= 0.3 is 0 Å². The number of ketones is 1. The van der Waals surface area contributed by atoms with E-state index in [-0.39, 0.29) is 24.1 Å². The highest BCUT2D eigenvalue weighted by Gasteiger charge is 2.27. The zero-order valence-electron chi connectivity index (χ0n) is 11.0. The molecule has 0 aromatic heterocycles. The molecule has 3 rings (SSSR count). The molecule has 1 aliphatic heterocycles. The standard InChI is InChI=1S/C16H14O4/c1-19-12-5-2-10(3-6-12)16-9-14(18)13-8-11(17)4-7-15(13)20-16/h2-8,16-17H,9H2,1H3/t16-/m1/s1. The third-order valence-corrected chi connectivity index (χ3v) is 3.39. The molecule has 1 N–H and O–H groups in total. The Hall–Kier alpha value is -2.49.